The van der Waals surface area contributed by atoms with Crippen LogP contribution in [0.2, 0.25) is 0 Å². The van der Waals surface area contributed by atoms with Crippen LogP contribution in [0.25, 0.3) is 11.0 Å². The maximum absolute atomic E-state index is 12.9. The number of carbonyl (C=O) groups is 2. The molecule has 3 N–H and O–H groups in total. The minimum Gasteiger partial charge on any atom is -0.450 e. The molecule has 0 radical (unpaired) electrons. The first-order valence-corrected chi connectivity index (χ1v) is 14.1. The topological polar surface area (TPSA) is 135 Å². The molecule has 12 heteroatoms. The minimum atomic E-state index is -0.710. The van der Waals surface area contributed by atoms with Gasteiger partial charge in [0, 0.05) is 57.9 Å². The van der Waals surface area contributed by atoms with Crippen LogP contribution in [0.1, 0.15) is 55.1 Å². The lowest BCUT2D eigenvalue weighted by Crippen LogP contribution is -2.46. The molecule has 0 unspecified atom stereocenters. The zero-order chi connectivity index (χ0) is 28.1. The van der Waals surface area contributed by atoms with E-state index in [4.69, 9.17) is 15.5 Å². The smallest absolute Gasteiger partial charge is 0.404 e. The molecular weight excluding hydrogens is 510 g/mol. The molecule has 2 aliphatic rings. The molecule has 0 bridgehead atoms. The number of hydrogen-bond acceptors (Lipinski definition) is 9. The molecular formula is C28H39N9O3. The molecule has 3 aromatic rings. The third kappa shape index (κ3) is 6.44. The number of hydrogen-bond donors (Lipinski definition) is 2. The van der Waals surface area contributed by atoms with E-state index < -0.39 is 6.09 Å². The summed E-state index contributed by atoms with van der Waals surface area (Å²) < 4.78 is 6.91. The van der Waals surface area contributed by atoms with Crippen LogP contribution >= 0.6 is 0 Å². The van der Waals surface area contributed by atoms with Gasteiger partial charge >= 0.3 is 6.09 Å². The fraction of sp³-hybridized carbons (Fsp3) is 0.536. The van der Waals surface area contributed by atoms with Crippen LogP contribution in [-0.4, -0.2) is 94.7 Å². The molecule has 5 rings (SSSR count). The van der Waals surface area contributed by atoms with Crippen molar-refractivity contribution in [2.75, 3.05) is 63.6 Å². The molecule has 0 atom stereocenters. The second kappa shape index (κ2) is 12.5. The van der Waals surface area contributed by atoms with Crippen LogP contribution in [0.15, 0.2) is 30.6 Å². The molecule has 214 valence electrons. The van der Waals surface area contributed by atoms with Gasteiger partial charge in [0.2, 0.25) is 5.95 Å². The van der Waals surface area contributed by atoms with Crippen molar-refractivity contribution >= 4 is 40.5 Å². The molecule has 1 saturated heterocycles. The second-order valence-corrected chi connectivity index (χ2v) is 10.7. The van der Waals surface area contributed by atoms with Crippen molar-refractivity contribution in [2.45, 2.75) is 44.6 Å². The Bertz CT molecular complexity index is 1310. The first kappa shape index (κ1) is 27.6. The lowest BCUT2D eigenvalue weighted by Gasteiger charge is -2.36. The lowest BCUT2D eigenvalue weighted by atomic mass is 10.2. The molecule has 0 aromatic carbocycles. The number of rotatable bonds is 10. The summed E-state index contributed by atoms with van der Waals surface area (Å²) in [5.41, 5.74) is 7.52. The van der Waals surface area contributed by atoms with Crippen molar-refractivity contribution in [3.05, 3.63) is 36.3 Å². The van der Waals surface area contributed by atoms with Crippen LogP contribution in [0, 0.1) is 0 Å². The minimum absolute atomic E-state index is 0.0210. The summed E-state index contributed by atoms with van der Waals surface area (Å²) >= 11 is 0. The van der Waals surface area contributed by atoms with Crippen LogP contribution in [0.3, 0.4) is 0 Å². The average Bonchev–Trinajstić information content (AvgIpc) is 3.61. The number of piperazine rings is 1. The zero-order valence-electron chi connectivity index (χ0n) is 23.4. The summed E-state index contributed by atoms with van der Waals surface area (Å²) in [6.45, 7) is 5.17. The highest BCUT2D eigenvalue weighted by Gasteiger charge is 2.26. The summed E-state index contributed by atoms with van der Waals surface area (Å²) in [7, 11) is 3.56. The van der Waals surface area contributed by atoms with Gasteiger partial charge in [-0.25, -0.2) is 14.8 Å². The molecule has 1 aliphatic carbocycles. The molecule has 1 aliphatic heterocycles. The highest BCUT2D eigenvalue weighted by atomic mass is 16.5. The highest BCUT2D eigenvalue weighted by molar-refractivity contribution is 5.97. The fourth-order valence-corrected chi connectivity index (χ4v) is 5.60. The van der Waals surface area contributed by atoms with E-state index in [0.717, 1.165) is 88.0 Å². The van der Waals surface area contributed by atoms with Gasteiger partial charge in [0.05, 0.1) is 18.5 Å². The Morgan fingerprint density at radius 1 is 1.07 bits per heavy atom. The predicted molar refractivity (Wildman–Crippen MR) is 154 cm³/mol. The van der Waals surface area contributed by atoms with Crippen LogP contribution in [0.4, 0.5) is 22.2 Å². The van der Waals surface area contributed by atoms with E-state index in [-0.39, 0.29) is 11.9 Å². The monoisotopic (exact) mass is 549 g/mol. The Labute approximate surface area is 234 Å². The highest BCUT2D eigenvalue weighted by Crippen LogP contribution is 2.35. The van der Waals surface area contributed by atoms with Gasteiger partial charge in [-0.15, -0.1) is 0 Å². The molecule has 2 fully saturated rings. The van der Waals surface area contributed by atoms with E-state index >= 15 is 0 Å². The number of fused-ring (bicyclic) bond motifs is 1. The fourth-order valence-electron chi connectivity index (χ4n) is 5.60. The van der Waals surface area contributed by atoms with Gasteiger partial charge in [0.25, 0.3) is 5.91 Å². The number of unbranched alkanes of at least 4 members (excludes halogenated alkanes) is 1. The number of nitrogens with zero attached hydrogens (tertiary/aromatic N) is 7. The number of nitrogens with two attached hydrogens (primary N) is 1. The number of amides is 2. The lowest BCUT2D eigenvalue weighted by molar-refractivity contribution is 0.0815. The number of primary amides is 1. The van der Waals surface area contributed by atoms with Gasteiger partial charge < -0.3 is 30.2 Å². The van der Waals surface area contributed by atoms with Crippen LogP contribution in [-0.2, 0) is 4.74 Å². The second-order valence-electron chi connectivity index (χ2n) is 10.7. The van der Waals surface area contributed by atoms with Crippen molar-refractivity contribution in [1.29, 1.82) is 0 Å². The number of anilines is 3. The van der Waals surface area contributed by atoms with Gasteiger partial charge in [-0.3, -0.25) is 9.69 Å². The zero-order valence-corrected chi connectivity index (χ0v) is 23.4. The Balaban J connectivity index is 1.20. The molecule has 0 spiro atoms. The summed E-state index contributed by atoms with van der Waals surface area (Å²) in [5, 5.41) is 4.11. The first-order chi connectivity index (χ1) is 19.4. The number of pyridine rings is 1. The summed E-state index contributed by atoms with van der Waals surface area (Å²) in [5.74, 6) is 1.11. The van der Waals surface area contributed by atoms with E-state index in [1.54, 1.807) is 25.2 Å². The van der Waals surface area contributed by atoms with Gasteiger partial charge in [-0.1, -0.05) is 12.8 Å². The number of aromatic nitrogens is 4. The van der Waals surface area contributed by atoms with Crippen LogP contribution < -0.4 is 16.0 Å². The standard InChI is InChI=1S/C28H39N9O3/c1-34(2)26(38)23-17-20-18-31-28(33-25(20)37(23)21-7-3-4-8-21)32-24-10-9-22(19-30-24)36-14-12-35(13-15-36)11-5-6-16-40-27(29)39/h9-10,17-19,21H,3-8,11-16H2,1-2H3,(H2,29,39)(H,30,31,32,33). The van der Waals surface area contributed by atoms with E-state index in [9.17, 15) is 9.59 Å². The molecule has 4 heterocycles. The Hall–Kier alpha value is -3.93. The average molecular weight is 550 g/mol. The van der Waals surface area contributed by atoms with E-state index in [1.807, 2.05) is 18.3 Å². The maximum atomic E-state index is 12.9. The van der Waals surface area contributed by atoms with Crippen molar-refractivity contribution in [1.82, 2.24) is 29.3 Å². The largest absolute Gasteiger partial charge is 0.450 e. The maximum Gasteiger partial charge on any atom is 0.404 e. The first-order valence-electron chi connectivity index (χ1n) is 14.1. The molecule has 1 saturated carbocycles. The summed E-state index contributed by atoms with van der Waals surface area (Å²) in [6.07, 6.45) is 9.17. The van der Waals surface area contributed by atoms with Gasteiger partial charge in [0.1, 0.15) is 17.2 Å². The van der Waals surface area contributed by atoms with Gasteiger partial charge in [-0.05, 0) is 50.4 Å². The molecule has 12 nitrogen and oxygen atoms in total. The van der Waals surface area contributed by atoms with E-state index in [1.165, 1.54) is 0 Å². The normalized spacial score (nSPS) is 16.4. The van der Waals surface area contributed by atoms with Crippen molar-refractivity contribution in [2.24, 2.45) is 5.73 Å². The number of carbonyl (C=O) groups excluding carboxylic acids is 2. The van der Waals surface area contributed by atoms with E-state index in [2.05, 4.69) is 35.7 Å². The molecule has 40 heavy (non-hydrogen) atoms. The van der Waals surface area contributed by atoms with Crippen LogP contribution in [0.5, 0.6) is 0 Å². The summed E-state index contributed by atoms with van der Waals surface area (Å²) in [6, 6.07) is 6.20. The Kier molecular flexibility index (Phi) is 8.63. The molecule has 3 aromatic heterocycles. The Morgan fingerprint density at radius 3 is 2.52 bits per heavy atom. The van der Waals surface area contributed by atoms with Crippen molar-refractivity contribution < 1.29 is 14.3 Å². The van der Waals surface area contributed by atoms with Gasteiger partial charge in [0.15, 0.2) is 0 Å². The number of ether oxygens (including phenoxy) is 1. The van der Waals surface area contributed by atoms with Crippen molar-refractivity contribution in [3.8, 4) is 0 Å². The SMILES string of the molecule is CN(C)C(=O)c1cc2cnc(Nc3ccc(N4CCN(CCCCOC(N)=O)CC4)cn3)nc2n1C1CCCC1. The summed E-state index contributed by atoms with van der Waals surface area (Å²) in [4.78, 5) is 43.9. The number of nitrogens with one attached hydrogen (secondary N) is 1. The third-order valence-electron chi connectivity index (χ3n) is 7.73. The Morgan fingerprint density at radius 2 is 1.85 bits per heavy atom. The molecule has 2 amide bonds. The quantitative estimate of drug-likeness (QED) is 0.365. The predicted octanol–water partition coefficient (Wildman–Crippen LogP) is 3.38. The van der Waals surface area contributed by atoms with Crippen molar-refractivity contribution in [3.63, 3.8) is 0 Å². The van der Waals surface area contributed by atoms with Gasteiger partial charge in [-0.2, -0.15) is 4.98 Å². The van der Waals surface area contributed by atoms with E-state index in [0.29, 0.717) is 24.1 Å². The third-order valence-corrected chi connectivity index (χ3v) is 7.73.